The van der Waals surface area contributed by atoms with E-state index in [0.29, 0.717) is 12.6 Å². The van der Waals surface area contributed by atoms with E-state index in [1.54, 1.807) is 0 Å². The number of aryl methyl sites for hydroxylation is 1. The monoisotopic (exact) mass is 550 g/mol. The highest BCUT2D eigenvalue weighted by molar-refractivity contribution is 9.11. The van der Waals surface area contributed by atoms with E-state index in [9.17, 15) is 0 Å². The lowest BCUT2D eigenvalue weighted by atomic mass is 9.84. The lowest BCUT2D eigenvalue weighted by molar-refractivity contribution is -0.0378. The lowest BCUT2D eigenvalue weighted by Gasteiger charge is -2.42. The molecule has 0 aromatic heterocycles. The fraction of sp³-hybridized carbons (Fsp3) is 0.429. The Labute approximate surface area is 196 Å². The Morgan fingerprint density at radius 2 is 1.68 bits per heavy atom. The number of fused-ring (bicyclic) bond motifs is 1. The molecule has 3 nitrogen and oxygen atoms in total. The van der Waals surface area contributed by atoms with Crippen molar-refractivity contribution in [3.05, 3.63) is 68.1 Å². The quantitative estimate of drug-likeness (QED) is 0.539. The van der Waals surface area contributed by atoms with Gasteiger partial charge in [0.15, 0.2) is 0 Å². The van der Waals surface area contributed by atoms with Crippen LogP contribution in [-0.4, -0.2) is 37.2 Å². The Morgan fingerprint density at radius 1 is 1.00 bits per heavy atom. The topological polar surface area (TPSA) is 24.5 Å². The Kier molecular flexibility index (Phi) is 9.74. The number of hydrogen-bond donors (Lipinski definition) is 1. The first-order valence-electron chi connectivity index (χ1n) is 9.30. The molecule has 1 saturated heterocycles. The first-order chi connectivity index (χ1) is 12.7. The molecule has 28 heavy (non-hydrogen) atoms. The zero-order chi connectivity index (χ0) is 17.9. The van der Waals surface area contributed by atoms with E-state index in [2.05, 4.69) is 84.5 Å². The number of nitrogens with zero attached hydrogens (tertiary/aromatic N) is 1. The van der Waals surface area contributed by atoms with E-state index in [1.807, 2.05) is 0 Å². The Balaban J connectivity index is 0.00000140. The third-order valence-corrected chi connectivity index (χ3v) is 6.27. The molecule has 7 heteroatoms. The summed E-state index contributed by atoms with van der Waals surface area (Å²) in [6.45, 7) is 4.93. The van der Waals surface area contributed by atoms with Crippen LogP contribution < -0.4 is 5.32 Å². The molecular weight excluding hydrogens is 527 g/mol. The van der Waals surface area contributed by atoms with Gasteiger partial charge in [-0.05, 0) is 47.7 Å². The van der Waals surface area contributed by atoms with Gasteiger partial charge in [-0.15, -0.1) is 24.8 Å². The van der Waals surface area contributed by atoms with Gasteiger partial charge in [-0.25, -0.2) is 0 Å². The molecule has 0 spiro atoms. The second kappa shape index (κ2) is 11.3. The van der Waals surface area contributed by atoms with Crippen LogP contribution in [0.1, 0.15) is 29.2 Å². The second-order valence-corrected chi connectivity index (χ2v) is 8.93. The van der Waals surface area contributed by atoms with Crippen molar-refractivity contribution >= 4 is 56.7 Å². The molecule has 0 bridgehead atoms. The van der Waals surface area contributed by atoms with Gasteiger partial charge in [0.05, 0.1) is 18.8 Å². The average Bonchev–Trinajstić information content (AvgIpc) is 2.66. The first-order valence-corrected chi connectivity index (χ1v) is 10.9. The molecule has 2 aromatic carbocycles. The molecule has 1 aliphatic heterocycles. The molecule has 2 atom stereocenters. The zero-order valence-corrected chi connectivity index (χ0v) is 20.4. The summed E-state index contributed by atoms with van der Waals surface area (Å²) in [6, 6.07) is 15.6. The number of hydrogen-bond acceptors (Lipinski definition) is 3. The predicted octanol–water partition coefficient (Wildman–Crippen LogP) is 5.53. The van der Waals surface area contributed by atoms with Crippen molar-refractivity contribution in [2.75, 3.05) is 26.2 Å². The maximum atomic E-state index is 6.50. The van der Waals surface area contributed by atoms with Crippen LogP contribution in [0.15, 0.2) is 51.4 Å². The summed E-state index contributed by atoms with van der Waals surface area (Å²) in [7, 11) is 0. The van der Waals surface area contributed by atoms with Crippen LogP contribution in [0.5, 0.6) is 0 Å². The molecule has 1 N–H and O–H groups in total. The normalized spacial score (nSPS) is 21.9. The molecule has 0 amide bonds. The van der Waals surface area contributed by atoms with E-state index < -0.39 is 0 Å². The molecule has 0 saturated carbocycles. The Morgan fingerprint density at radius 3 is 2.39 bits per heavy atom. The molecule has 4 rings (SSSR count). The molecule has 0 radical (unpaired) electrons. The minimum atomic E-state index is 0. The van der Waals surface area contributed by atoms with Gasteiger partial charge in [0, 0.05) is 35.1 Å². The molecule has 1 heterocycles. The molecule has 2 aromatic rings. The summed E-state index contributed by atoms with van der Waals surface area (Å²) in [4.78, 5) is 2.61. The number of benzene rings is 2. The largest absolute Gasteiger partial charge is 0.372 e. The van der Waals surface area contributed by atoms with Gasteiger partial charge in [-0.3, -0.25) is 4.90 Å². The molecule has 1 aliphatic carbocycles. The van der Waals surface area contributed by atoms with Crippen molar-refractivity contribution in [3.8, 4) is 0 Å². The SMILES string of the molecule is Brc1cc(Br)cc(COC2CCc3ccccc3C2N2CCNCC2)c1.Cl.Cl. The van der Waals surface area contributed by atoms with Crippen LogP contribution >= 0.6 is 56.7 Å². The summed E-state index contributed by atoms with van der Waals surface area (Å²) in [5, 5.41) is 3.47. The third kappa shape index (κ3) is 5.72. The smallest absolute Gasteiger partial charge is 0.0779 e. The van der Waals surface area contributed by atoms with Gasteiger partial charge in [0.2, 0.25) is 0 Å². The van der Waals surface area contributed by atoms with Crippen molar-refractivity contribution in [1.82, 2.24) is 10.2 Å². The van der Waals surface area contributed by atoms with Crippen molar-refractivity contribution < 1.29 is 4.74 Å². The number of piperazine rings is 1. The number of ether oxygens (including phenoxy) is 1. The van der Waals surface area contributed by atoms with Crippen molar-refractivity contribution in [3.63, 3.8) is 0 Å². The third-order valence-electron chi connectivity index (χ3n) is 5.36. The molecular formula is C21H26Br2Cl2N2O. The van der Waals surface area contributed by atoms with E-state index in [4.69, 9.17) is 4.74 Å². The Hall–Kier alpha value is -0.140. The summed E-state index contributed by atoms with van der Waals surface area (Å²) in [5.41, 5.74) is 4.14. The van der Waals surface area contributed by atoms with E-state index >= 15 is 0 Å². The summed E-state index contributed by atoms with van der Waals surface area (Å²) < 4.78 is 8.66. The van der Waals surface area contributed by atoms with Crippen LogP contribution in [0.25, 0.3) is 0 Å². The summed E-state index contributed by atoms with van der Waals surface area (Å²) in [6.07, 6.45) is 2.42. The number of rotatable bonds is 4. The van der Waals surface area contributed by atoms with Gasteiger partial charge in [-0.1, -0.05) is 56.1 Å². The summed E-state index contributed by atoms with van der Waals surface area (Å²) >= 11 is 7.15. The maximum absolute atomic E-state index is 6.50. The molecule has 2 unspecified atom stereocenters. The van der Waals surface area contributed by atoms with Crippen molar-refractivity contribution in [2.24, 2.45) is 0 Å². The van der Waals surface area contributed by atoms with Crippen molar-refractivity contribution in [1.29, 1.82) is 0 Å². The highest BCUT2D eigenvalue weighted by atomic mass is 79.9. The average molecular weight is 553 g/mol. The molecule has 1 fully saturated rings. The first kappa shape index (κ1) is 24.1. The number of nitrogens with one attached hydrogen (secondary N) is 1. The molecule has 154 valence electrons. The van der Waals surface area contributed by atoms with Gasteiger partial charge < -0.3 is 10.1 Å². The minimum Gasteiger partial charge on any atom is -0.372 e. The van der Waals surface area contributed by atoms with Crippen LogP contribution in [0.2, 0.25) is 0 Å². The van der Waals surface area contributed by atoms with Gasteiger partial charge in [0.1, 0.15) is 0 Å². The van der Waals surface area contributed by atoms with Gasteiger partial charge >= 0.3 is 0 Å². The molecule has 2 aliphatic rings. The van der Waals surface area contributed by atoms with Crippen molar-refractivity contribution in [2.45, 2.75) is 31.6 Å². The lowest BCUT2D eigenvalue weighted by Crippen LogP contribution is -2.49. The number of halogens is 4. The van der Waals surface area contributed by atoms with Crippen LogP contribution in [0.3, 0.4) is 0 Å². The van der Waals surface area contributed by atoms with Crippen LogP contribution in [0.4, 0.5) is 0 Å². The standard InChI is InChI=1S/C21H24Br2N2O.2ClH/c22-17-11-15(12-18(23)13-17)14-26-20-6-5-16-3-1-2-4-19(16)21(20)25-9-7-24-8-10-25;;/h1-4,11-13,20-21,24H,5-10,14H2;2*1H. The van der Waals surface area contributed by atoms with Crippen LogP contribution in [-0.2, 0) is 17.8 Å². The summed E-state index contributed by atoms with van der Waals surface area (Å²) in [5.74, 6) is 0. The second-order valence-electron chi connectivity index (χ2n) is 7.10. The fourth-order valence-corrected chi connectivity index (χ4v) is 5.56. The fourth-order valence-electron chi connectivity index (χ4n) is 4.17. The minimum absolute atomic E-state index is 0. The zero-order valence-electron chi connectivity index (χ0n) is 15.6. The van der Waals surface area contributed by atoms with E-state index in [0.717, 1.165) is 48.0 Å². The Bertz CT molecular complexity index is 752. The van der Waals surface area contributed by atoms with Gasteiger partial charge in [-0.2, -0.15) is 0 Å². The van der Waals surface area contributed by atoms with E-state index in [1.165, 1.54) is 16.7 Å². The maximum Gasteiger partial charge on any atom is 0.0779 e. The highest BCUT2D eigenvalue weighted by Gasteiger charge is 2.35. The van der Waals surface area contributed by atoms with Gasteiger partial charge in [0.25, 0.3) is 0 Å². The predicted molar refractivity (Wildman–Crippen MR) is 127 cm³/mol. The highest BCUT2D eigenvalue weighted by Crippen LogP contribution is 2.37. The van der Waals surface area contributed by atoms with E-state index in [-0.39, 0.29) is 30.9 Å². The van der Waals surface area contributed by atoms with Crippen LogP contribution in [0, 0.1) is 0 Å².